The number of pyridine rings is 1. The zero-order chi connectivity index (χ0) is 28.5. The van der Waals surface area contributed by atoms with Gasteiger partial charge in [-0.25, -0.2) is 14.4 Å². The van der Waals surface area contributed by atoms with Crippen molar-refractivity contribution in [2.45, 2.75) is 31.3 Å². The van der Waals surface area contributed by atoms with Crippen LogP contribution in [0.4, 0.5) is 14.6 Å². The SMILES string of the molecule is [2H]c1nc([C@@H]2CC[C@]3([2H])CC(c4c(-n5cnnn5)ccc(Cl)c4F)=CC(=O)N23)[nH]c1-c1c(F)nc(N)c([2H])c1[2H]. The van der Waals surface area contributed by atoms with Crippen LogP contribution in [0.25, 0.3) is 22.5 Å². The van der Waals surface area contributed by atoms with E-state index < -0.39 is 59.4 Å². The predicted molar refractivity (Wildman–Crippen MR) is 126 cm³/mol. The second kappa shape index (κ2) is 8.48. The molecule has 2 aliphatic heterocycles. The molecule has 0 radical (unpaired) electrons. The average Bonchev–Trinajstić information content (AvgIpc) is 3.64. The van der Waals surface area contributed by atoms with E-state index in [1.165, 1.54) is 34.1 Å². The first-order valence-corrected chi connectivity index (χ1v) is 11.1. The molecule has 182 valence electrons. The number of nitrogen functional groups attached to an aromatic ring is 1. The maximum atomic E-state index is 15.4. The number of anilines is 1. The number of H-pyrrole nitrogens is 1. The van der Waals surface area contributed by atoms with Crippen molar-refractivity contribution in [2.75, 3.05) is 5.73 Å². The van der Waals surface area contributed by atoms with Gasteiger partial charge in [-0.1, -0.05) is 11.6 Å². The molecule has 2 atom stereocenters. The van der Waals surface area contributed by atoms with E-state index in [9.17, 15) is 10.6 Å². The van der Waals surface area contributed by atoms with Gasteiger partial charge in [0, 0.05) is 17.7 Å². The Labute approximate surface area is 213 Å². The number of halogens is 3. The molecular formula is C23H18ClF2N9O. The second-order valence-corrected chi connectivity index (χ2v) is 8.61. The van der Waals surface area contributed by atoms with E-state index in [1.807, 2.05) is 0 Å². The number of hydrogen-bond donors (Lipinski definition) is 2. The first-order valence-electron chi connectivity index (χ1n) is 12.7. The van der Waals surface area contributed by atoms with Crippen LogP contribution in [0.5, 0.6) is 0 Å². The number of carbonyl (C=O) groups is 1. The molecule has 10 nitrogen and oxygen atoms in total. The Morgan fingerprint density at radius 1 is 1.28 bits per heavy atom. The van der Waals surface area contributed by atoms with Crippen LogP contribution < -0.4 is 5.73 Å². The summed E-state index contributed by atoms with van der Waals surface area (Å²) in [5.74, 6) is -2.89. The van der Waals surface area contributed by atoms with E-state index in [0.29, 0.717) is 0 Å². The quantitative estimate of drug-likeness (QED) is 0.399. The summed E-state index contributed by atoms with van der Waals surface area (Å²) in [6.07, 6.45) is 2.45. The van der Waals surface area contributed by atoms with Gasteiger partial charge in [-0.2, -0.15) is 9.07 Å². The predicted octanol–water partition coefficient (Wildman–Crippen LogP) is 3.48. The zero-order valence-corrected chi connectivity index (χ0v) is 19.0. The van der Waals surface area contributed by atoms with Crippen molar-refractivity contribution in [3.63, 3.8) is 0 Å². The summed E-state index contributed by atoms with van der Waals surface area (Å²) < 4.78 is 64.7. The van der Waals surface area contributed by atoms with Gasteiger partial charge < -0.3 is 15.6 Å². The Bertz CT molecular complexity index is 1730. The molecule has 0 saturated carbocycles. The van der Waals surface area contributed by atoms with Gasteiger partial charge in [0.1, 0.15) is 18.0 Å². The molecule has 2 aliphatic rings. The summed E-state index contributed by atoms with van der Waals surface area (Å²) in [5.41, 5.74) is 5.31. The molecule has 1 saturated heterocycles. The second-order valence-electron chi connectivity index (χ2n) is 8.21. The number of benzene rings is 1. The summed E-state index contributed by atoms with van der Waals surface area (Å²) >= 11 is 6.06. The fourth-order valence-electron chi connectivity index (χ4n) is 4.58. The number of imidazole rings is 1. The minimum atomic E-state index is -1.50. The highest BCUT2D eigenvalue weighted by Gasteiger charge is 2.42. The van der Waals surface area contributed by atoms with Crippen molar-refractivity contribution < 1.29 is 19.1 Å². The van der Waals surface area contributed by atoms with Crippen molar-refractivity contribution in [3.05, 3.63) is 71.0 Å². The molecule has 3 aromatic heterocycles. The first-order chi connectivity index (χ1) is 19.0. The van der Waals surface area contributed by atoms with E-state index >= 15 is 4.39 Å². The van der Waals surface area contributed by atoms with Gasteiger partial charge in [0.25, 0.3) is 0 Å². The Morgan fingerprint density at radius 3 is 2.94 bits per heavy atom. The largest absolute Gasteiger partial charge is 0.384 e. The molecule has 5 heterocycles. The first kappa shape index (κ1) is 18.1. The zero-order valence-electron chi connectivity index (χ0n) is 22.3. The van der Waals surface area contributed by atoms with Gasteiger partial charge in [-0.05, 0) is 59.5 Å². The number of rotatable bonds is 4. The van der Waals surface area contributed by atoms with Crippen LogP contribution >= 0.6 is 11.6 Å². The third-order valence-electron chi connectivity index (χ3n) is 6.13. The monoisotopic (exact) mass is 513 g/mol. The van der Waals surface area contributed by atoms with Crippen LogP contribution in [0.2, 0.25) is 5.02 Å². The lowest BCUT2D eigenvalue weighted by Crippen LogP contribution is -2.39. The summed E-state index contributed by atoms with van der Waals surface area (Å²) in [7, 11) is 0. The van der Waals surface area contributed by atoms with Crippen LogP contribution in [0, 0.1) is 11.8 Å². The maximum absolute atomic E-state index is 15.4. The van der Waals surface area contributed by atoms with Gasteiger partial charge in [0.05, 0.1) is 39.7 Å². The summed E-state index contributed by atoms with van der Waals surface area (Å²) in [6.45, 7) is 0. The van der Waals surface area contributed by atoms with E-state index in [-0.39, 0.29) is 52.6 Å². The third-order valence-corrected chi connectivity index (χ3v) is 6.42. The van der Waals surface area contributed by atoms with Crippen molar-refractivity contribution >= 4 is 28.9 Å². The lowest BCUT2D eigenvalue weighted by atomic mass is 9.92. The molecule has 1 amide bonds. The smallest absolute Gasteiger partial charge is 0.247 e. The Balaban J connectivity index is 1.40. The lowest BCUT2D eigenvalue weighted by Gasteiger charge is -2.33. The minimum absolute atomic E-state index is 0.00268. The van der Waals surface area contributed by atoms with E-state index in [0.717, 1.165) is 0 Å². The van der Waals surface area contributed by atoms with Crippen LogP contribution in [0.15, 0.2) is 42.8 Å². The number of nitrogens with two attached hydrogens (primary N) is 1. The van der Waals surface area contributed by atoms with Gasteiger partial charge in [-0.15, -0.1) is 5.10 Å². The molecule has 0 spiro atoms. The number of hydrogen-bond acceptors (Lipinski definition) is 7. The lowest BCUT2D eigenvalue weighted by molar-refractivity contribution is -0.129. The standard InChI is InChI=1S/C23H18ClF2N9O/c24-14-3-5-16(34-10-29-32-33-34)20(21(14)25)11-7-12-1-4-17(35(12)19(36)8-11)23-28-9-15(30-23)13-2-6-18(27)31-22(13)26/h2-3,5-6,8-10,12,17H,1,4,7H2,(H2,27,31)(H,28,30)/t12-,17+/m1/s1/i2D,6D,9D,12D. The van der Waals surface area contributed by atoms with Crippen LogP contribution in [0.3, 0.4) is 0 Å². The molecule has 1 aromatic carbocycles. The highest BCUT2D eigenvalue weighted by atomic mass is 35.5. The van der Waals surface area contributed by atoms with Crippen LogP contribution in [0.1, 0.15) is 42.2 Å². The Morgan fingerprint density at radius 2 is 2.14 bits per heavy atom. The molecule has 0 aliphatic carbocycles. The number of amides is 1. The number of carbonyl (C=O) groups excluding carboxylic acids is 1. The summed E-state index contributed by atoms with van der Waals surface area (Å²) in [4.78, 5) is 25.2. The normalized spacial score (nSPS) is 23.1. The number of aromatic amines is 1. The van der Waals surface area contributed by atoms with E-state index in [1.54, 1.807) is 0 Å². The minimum Gasteiger partial charge on any atom is -0.384 e. The van der Waals surface area contributed by atoms with Crippen LogP contribution in [-0.2, 0) is 4.79 Å². The molecule has 36 heavy (non-hydrogen) atoms. The molecule has 13 heteroatoms. The molecule has 0 unspecified atom stereocenters. The van der Waals surface area contributed by atoms with Crippen molar-refractivity contribution in [3.8, 4) is 16.9 Å². The van der Waals surface area contributed by atoms with Crippen molar-refractivity contribution in [1.82, 2.24) is 40.1 Å². The fraction of sp³-hybridized carbons (Fsp3) is 0.217. The Kier molecular flexibility index (Phi) is 4.27. The van der Waals surface area contributed by atoms with Gasteiger partial charge in [-0.3, -0.25) is 4.79 Å². The number of fused-ring (bicyclic) bond motifs is 1. The molecule has 4 aromatic rings. The molecular weight excluding hydrogens is 492 g/mol. The van der Waals surface area contributed by atoms with Crippen molar-refractivity contribution in [1.29, 1.82) is 0 Å². The third kappa shape index (κ3) is 3.61. The molecule has 6 rings (SSSR count). The molecule has 1 fully saturated rings. The van der Waals surface area contributed by atoms with E-state index in [2.05, 4.69) is 30.5 Å². The van der Waals surface area contributed by atoms with Crippen molar-refractivity contribution in [2.24, 2.45) is 0 Å². The molecule has 0 bridgehead atoms. The fourth-order valence-corrected chi connectivity index (χ4v) is 4.74. The maximum Gasteiger partial charge on any atom is 0.247 e. The summed E-state index contributed by atoms with van der Waals surface area (Å²) in [5, 5.41) is 10.8. The molecule has 3 N–H and O–H groups in total. The van der Waals surface area contributed by atoms with Gasteiger partial charge in [0.15, 0.2) is 5.82 Å². The van der Waals surface area contributed by atoms with Gasteiger partial charge in [0.2, 0.25) is 11.9 Å². The average molecular weight is 514 g/mol. The van der Waals surface area contributed by atoms with Crippen LogP contribution in [-0.4, -0.2) is 52.0 Å². The topological polar surface area (TPSA) is 132 Å². The van der Waals surface area contributed by atoms with Gasteiger partial charge >= 0.3 is 0 Å². The highest BCUT2D eigenvalue weighted by molar-refractivity contribution is 6.31. The highest BCUT2D eigenvalue weighted by Crippen LogP contribution is 2.44. The summed E-state index contributed by atoms with van der Waals surface area (Å²) in [6, 6.07) is -0.518. The van der Waals surface area contributed by atoms with E-state index in [4.69, 9.17) is 21.4 Å². The number of nitrogens with one attached hydrogen (secondary N) is 1. The Hall–Kier alpha value is -4.19. The number of tetrazole rings is 1. The number of nitrogens with zero attached hydrogens (tertiary/aromatic N) is 7. The number of aromatic nitrogens is 7.